The summed E-state index contributed by atoms with van der Waals surface area (Å²) in [6, 6.07) is 0. The normalized spacial score (nSPS) is 36.4. The van der Waals surface area contributed by atoms with Gasteiger partial charge < -0.3 is 15.0 Å². The van der Waals surface area contributed by atoms with Crippen LogP contribution in [0.15, 0.2) is 0 Å². The van der Waals surface area contributed by atoms with E-state index >= 15 is 0 Å². The summed E-state index contributed by atoms with van der Waals surface area (Å²) in [7, 11) is 2.00. The van der Waals surface area contributed by atoms with E-state index in [0.29, 0.717) is 12.4 Å². The molecule has 0 amide bonds. The summed E-state index contributed by atoms with van der Waals surface area (Å²) >= 11 is 0. The molecule has 0 aliphatic carbocycles. The van der Waals surface area contributed by atoms with Crippen molar-refractivity contribution in [1.29, 1.82) is 5.41 Å². The van der Waals surface area contributed by atoms with E-state index < -0.39 is 0 Å². The Hall–Kier alpha value is -0.610. The summed E-state index contributed by atoms with van der Waals surface area (Å²) in [5.74, 6) is 0.673. The minimum atomic E-state index is 0.0787. The maximum atomic E-state index is 7.69. The lowest BCUT2D eigenvalue weighted by Crippen LogP contribution is -2.62. The van der Waals surface area contributed by atoms with Crippen LogP contribution in [0.1, 0.15) is 6.42 Å². The molecule has 0 aromatic rings. The van der Waals surface area contributed by atoms with E-state index in [1.165, 1.54) is 0 Å². The lowest BCUT2D eigenvalue weighted by atomic mass is 9.94. The van der Waals surface area contributed by atoms with Crippen molar-refractivity contribution in [2.75, 3.05) is 33.4 Å². The summed E-state index contributed by atoms with van der Waals surface area (Å²) in [6.45, 7) is 3.24. The molecule has 1 spiro atoms. The van der Waals surface area contributed by atoms with Crippen LogP contribution < -0.4 is 5.32 Å². The number of nitrogens with zero attached hydrogens (tertiary/aromatic N) is 1. The molecule has 2 fully saturated rings. The van der Waals surface area contributed by atoms with Gasteiger partial charge in [-0.2, -0.15) is 0 Å². The Balaban J connectivity index is 2.17. The second-order valence-electron chi connectivity index (χ2n) is 3.64. The number of nitrogens with one attached hydrogen (secondary N) is 2. The SMILES string of the molecule is CN1C(=N)CNCC12CCOC2. The Labute approximate surface area is 72.4 Å². The molecule has 0 aromatic heterocycles. The molecule has 4 nitrogen and oxygen atoms in total. The van der Waals surface area contributed by atoms with Crippen LogP contribution in [0.5, 0.6) is 0 Å². The predicted molar refractivity (Wildman–Crippen MR) is 46.5 cm³/mol. The molecule has 2 aliphatic heterocycles. The topological polar surface area (TPSA) is 48.4 Å². The molecule has 12 heavy (non-hydrogen) atoms. The van der Waals surface area contributed by atoms with Crippen molar-refractivity contribution >= 4 is 5.84 Å². The van der Waals surface area contributed by atoms with Gasteiger partial charge in [-0.1, -0.05) is 0 Å². The number of hydrogen-bond acceptors (Lipinski definition) is 3. The van der Waals surface area contributed by atoms with Crippen LogP contribution in [-0.2, 0) is 4.74 Å². The third-order valence-electron chi connectivity index (χ3n) is 2.95. The summed E-state index contributed by atoms with van der Waals surface area (Å²) in [5.41, 5.74) is 0.0787. The second kappa shape index (κ2) is 2.71. The van der Waals surface area contributed by atoms with Crippen LogP contribution in [0.25, 0.3) is 0 Å². The van der Waals surface area contributed by atoms with E-state index in [1.54, 1.807) is 0 Å². The number of ether oxygens (including phenoxy) is 1. The van der Waals surface area contributed by atoms with Crippen LogP contribution in [0.4, 0.5) is 0 Å². The summed E-state index contributed by atoms with van der Waals surface area (Å²) < 4.78 is 5.38. The van der Waals surface area contributed by atoms with E-state index in [9.17, 15) is 0 Å². The fourth-order valence-corrected chi connectivity index (χ4v) is 1.94. The first-order chi connectivity index (χ1) is 5.75. The highest BCUT2D eigenvalue weighted by atomic mass is 16.5. The molecule has 0 bridgehead atoms. The second-order valence-corrected chi connectivity index (χ2v) is 3.64. The van der Waals surface area contributed by atoms with E-state index in [2.05, 4.69) is 10.2 Å². The van der Waals surface area contributed by atoms with Crippen molar-refractivity contribution in [3.8, 4) is 0 Å². The zero-order chi connectivity index (χ0) is 8.60. The average molecular weight is 169 g/mol. The van der Waals surface area contributed by atoms with Gasteiger partial charge in [0, 0.05) is 20.2 Å². The monoisotopic (exact) mass is 169 g/mol. The fraction of sp³-hybridized carbons (Fsp3) is 0.875. The minimum Gasteiger partial charge on any atom is -0.379 e. The quantitative estimate of drug-likeness (QED) is 0.521. The van der Waals surface area contributed by atoms with Gasteiger partial charge in [0.25, 0.3) is 0 Å². The maximum absolute atomic E-state index is 7.69. The van der Waals surface area contributed by atoms with Crippen molar-refractivity contribution in [3.63, 3.8) is 0 Å². The number of likely N-dealkylation sites (N-methyl/N-ethyl adjacent to an activating group) is 1. The Morgan fingerprint density at radius 1 is 1.67 bits per heavy atom. The molecule has 1 atom stereocenters. The maximum Gasteiger partial charge on any atom is 0.110 e. The first-order valence-corrected chi connectivity index (χ1v) is 4.34. The molecule has 2 N–H and O–H groups in total. The van der Waals surface area contributed by atoms with Gasteiger partial charge in [0.15, 0.2) is 0 Å². The Kier molecular flexibility index (Phi) is 1.81. The van der Waals surface area contributed by atoms with Gasteiger partial charge in [0.1, 0.15) is 5.84 Å². The van der Waals surface area contributed by atoms with Gasteiger partial charge in [-0.15, -0.1) is 0 Å². The zero-order valence-corrected chi connectivity index (χ0v) is 7.39. The van der Waals surface area contributed by atoms with Crippen molar-refractivity contribution in [2.45, 2.75) is 12.0 Å². The van der Waals surface area contributed by atoms with Gasteiger partial charge in [0.05, 0.1) is 18.7 Å². The average Bonchev–Trinajstić information content (AvgIpc) is 2.50. The molecule has 1 unspecified atom stereocenters. The highest BCUT2D eigenvalue weighted by Crippen LogP contribution is 2.26. The highest BCUT2D eigenvalue weighted by Gasteiger charge is 2.41. The van der Waals surface area contributed by atoms with Crippen LogP contribution in [-0.4, -0.2) is 49.6 Å². The summed E-state index contributed by atoms with van der Waals surface area (Å²) in [5, 5.41) is 10.9. The van der Waals surface area contributed by atoms with E-state index in [0.717, 1.165) is 26.2 Å². The largest absolute Gasteiger partial charge is 0.379 e. The zero-order valence-electron chi connectivity index (χ0n) is 7.39. The molecular weight excluding hydrogens is 154 g/mol. The smallest absolute Gasteiger partial charge is 0.110 e. The third kappa shape index (κ3) is 1.03. The van der Waals surface area contributed by atoms with E-state index in [1.807, 2.05) is 7.05 Å². The summed E-state index contributed by atoms with van der Waals surface area (Å²) in [6.07, 6.45) is 1.04. The minimum absolute atomic E-state index is 0.0787. The molecule has 2 saturated heterocycles. The molecule has 2 aliphatic rings. The van der Waals surface area contributed by atoms with Gasteiger partial charge in [-0.3, -0.25) is 5.41 Å². The molecular formula is C8H15N3O. The van der Waals surface area contributed by atoms with Crippen LogP contribution in [0, 0.1) is 5.41 Å². The number of piperazine rings is 1. The molecule has 2 rings (SSSR count). The first kappa shape index (κ1) is 8.01. The Morgan fingerprint density at radius 2 is 2.50 bits per heavy atom. The lowest BCUT2D eigenvalue weighted by Gasteiger charge is -2.43. The molecule has 2 heterocycles. The molecule has 0 aromatic carbocycles. The number of rotatable bonds is 0. The van der Waals surface area contributed by atoms with Crippen LogP contribution in [0.2, 0.25) is 0 Å². The number of hydrogen-bond donors (Lipinski definition) is 2. The van der Waals surface area contributed by atoms with Gasteiger partial charge in [0.2, 0.25) is 0 Å². The highest BCUT2D eigenvalue weighted by molar-refractivity contribution is 5.82. The van der Waals surface area contributed by atoms with Gasteiger partial charge in [-0.25, -0.2) is 0 Å². The third-order valence-corrected chi connectivity index (χ3v) is 2.95. The van der Waals surface area contributed by atoms with Crippen LogP contribution in [0.3, 0.4) is 0 Å². The molecule has 68 valence electrons. The van der Waals surface area contributed by atoms with Crippen molar-refractivity contribution in [2.24, 2.45) is 0 Å². The Morgan fingerprint density at radius 3 is 3.17 bits per heavy atom. The summed E-state index contributed by atoms with van der Waals surface area (Å²) in [4.78, 5) is 2.07. The molecule has 0 saturated carbocycles. The van der Waals surface area contributed by atoms with Crippen molar-refractivity contribution in [3.05, 3.63) is 0 Å². The van der Waals surface area contributed by atoms with E-state index in [4.69, 9.17) is 10.1 Å². The predicted octanol–water partition coefficient (Wildman–Crippen LogP) is -0.342. The standard InChI is InChI=1S/C8H15N3O/c1-11-7(9)4-10-5-8(11)2-3-12-6-8/h9-10H,2-6H2,1H3. The van der Waals surface area contributed by atoms with E-state index in [-0.39, 0.29) is 5.54 Å². The van der Waals surface area contributed by atoms with Gasteiger partial charge >= 0.3 is 0 Å². The van der Waals surface area contributed by atoms with Crippen molar-refractivity contribution < 1.29 is 4.74 Å². The lowest BCUT2D eigenvalue weighted by molar-refractivity contribution is 0.121. The Bertz CT molecular complexity index is 198. The van der Waals surface area contributed by atoms with Crippen molar-refractivity contribution in [1.82, 2.24) is 10.2 Å². The molecule has 4 heteroatoms. The van der Waals surface area contributed by atoms with Gasteiger partial charge in [-0.05, 0) is 6.42 Å². The van der Waals surface area contributed by atoms with Crippen LogP contribution >= 0.6 is 0 Å². The number of amidine groups is 1. The fourth-order valence-electron chi connectivity index (χ4n) is 1.94. The first-order valence-electron chi connectivity index (χ1n) is 4.34. The molecule has 0 radical (unpaired) electrons.